The summed E-state index contributed by atoms with van der Waals surface area (Å²) in [7, 11) is 0. The third-order valence-corrected chi connectivity index (χ3v) is 2.91. The van der Waals surface area contributed by atoms with Crippen molar-refractivity contribution in [2.24, 2.45) is 0 Å². The zero-order chi connectivity index (χ0) is 13.1. The van der Waals surface area contributed by atoms with Gasteiger partial charge in [0.1, 0.15) is 5.75 Å². The number of phenolic OH excluding ortho intramolecular Hbond substituents is 1. The number of benzene rings is 2. The van der Waals surface area contributed by atoms with Gasteiger partial charge in [0.15, 0.2) is 0 Å². The van der Waals surface area contributed by atoms with Crippen LogP contribution >= 0.6 is 11.6 Å². The fourth-order valence-corrected chi connectivity index (χ4v) is 1.84. The first kappa shape index (κ1) is 12.5. The molecule has 2 N–H and O–H groups in total. The van der Waals surface area contributed by atoms with Gasteiger partial charge in [0.2, 0.25) is 0 Å². The van der Waals surface area contributed by atoms with Crippen LogP contribution in [0.5, 0.6) is 5.75 Å². The molecule has 0 fully saturated rings. The number of para-hydroxylation sites is 1. The molecule has 92 valence electrons. The Morgan fingerprint density at radius 2 is 1.94 bits per heavy atom. The lowest BCUT2D eigenvalue weighted by Crippen LogP contribution is -2.13. The second-order valence-corrected chi connectivity index (χ2v) is 4.34. The first-order valence-electron chi connectivity index (χ1n) is 5.43. The number of carbonyl (C=O) groups excluding carboxylic acids is 1. The van der Waals surface area contributed by atoms with Gasteiger partial charge in [-0.15, -0.1) is 0 Å². The van der Waals surface area contributed by atoms with Gasteiger partial charge in [-0.1, -0.05) is 23.7 Å². The van der Waals surface area contributed by atoms with Crippen molar-refractivity contribution < 1.29 is 9.90 Å². The van der Waals surface area contributed by atoms with Crippen LogP contribution in [-0.2, 0) is 0 Å². The summed E-state index contributed by atoms with van der Waals surface area (Å²) in [4.78, 5) is 12.0. The van der Waals surface area contributed by atoms with Crippen LogP contribution in [0.3, 0.4) is 0 Å². The Hall–Kier alpha value is -2.00. The van der Waals surface area contributed by atoms with Crippen LogP contribution in [0, 0.1) is 6.92 Å². The monoisotopic (exact) mass is 261 g/mol. The van der Waals surface area contributed by atoms with E-state index in [0.717, 1.165) is 0 Å². The van der Waals surface area contributed by atoms with Gasteiger partial charge in [-0.2, -0.15) is 0 Å². The highest BCUT2D eigenvalue weighted by Crippen LogP contribution is 2.22. The predicted octanol–water partition coefficient (Wildman–Crippen LogP) is 3.61. The molecule has 0 bridgehead atoms. The molecule has 18 heavy (non-hydrogen) atoms. The van der Waals surface area contributed by atoms with E-state index >= 15 is 0 Å². The van der Waals surface area contributed by atoms with Crippen LogP contribution in [0.15, 0.2) is 42.5 Å². The molecule has 0 unspecified atom stereocenters. The number of hydrogen-bond donors (Lipinski definition) is 2. The normalized spacial score (nSPS) is 10.1. The lowest BCUT2D eigenvalue weighted by atomic mass is 10.1. The molecule has 0 heterocycles. The third-order valence-electron chi connectivity index (χ3n) is 2.58. The van der Waals surface area contributed by atoms with E-state index in [9.17, 15) is 9.90 Å². The molecule has 2 aromatic carbocycles. The fourth-order valence-electron chi connectivity index (χ4n) is 1.65. The largest absolute Gasteiger partial charge is 0.508 e. The first-order chi connectivity index (χ1) is 8.58. The Labute approximate surface area is 110 Å². The Kier molecular flexibility index (Phi) is 3.53. The molecule has 3 nitrogen and oxygen atoms in total. The summed E-state index contributed by atoms with van der Waals surface area (Å²) >= 11 is 5.97. The minimum atomic E-state index is -0.249. The van der Waals surface area contributed by atoms with Gasteiger partial charge in [0.25, 0.3) is 5.91 Å². The van der Waals surface area contributed by atoms with Crippen molar-refractivity contribution in [3.63, 3.8) is 0 Å². The number of aryl methyl sites for hydroxylation is 1. The predicted molar refractivity (Wildman–Crippen MR) is 72.2 cm³/mol. The Balaban J connectivity index is 2.25. The molecule has 0 aromatic heterocycles. The van der Waals surface area contributed by atoms with Crippen LogP contribution in [-0.4, -0.2) is 11.0 Å². The number of amides is 1. The SMILES string of the molecule is Cc1cc(O)ccc1C(=O)Nc1ccccc1Cl. The van der Waals surface area contributed by atoms with Crippen molar-refractivity contribution in [2.75, 3.05) is 5.32 Å². The van der Waals surface area contributed by atoms with Gasteiger partial charge in [0.05, 0.1) is 10.7 Å². The molecule has 0 aliphatic rings. The van der Waals surface area contributed by atoms with E-state index in [4.69, 9.17) is 11.6 Å². The maximum atomic E-state index is 12.0. The van der Waals surface area contributed by atoms with E-state index in [-0.39, 0.29) is 11.7 Å². The van der Waals surface area contributed by atoms with Gasteiger partial charge in [-0.05, 0) is 42.8 Å². The summed E-state index contributed by atoms with van der Waals surface area (Å²) in [5.74, 6) is -0.109. The van der Waals surface area contributed by atoms with Gasteiger partial charge in [-0.3, -0.25) is 4.79 Å². The maximum absolute atomic E-state index is 12.0. The zero-order valence-electron chi connectivity index (χ0n) is 9.77. The molecule has 0 saturated carbocycles. The van der Waals surface area contributed by atoms with E-state index in [1.165, 1.54) is 6.07 Å². The molecule has 0 radical (unpaired) electrons. The quantitative estimate of drug-likeness (QED) is 0.868. The number of rotatable bonds is 2. The molecule has 0 aliphatic carbocycles. The second kappa shape index (κ2) is 5.10. The molecule has 0 atom stereocenters. The van der Waals surface area contributed by atoms with Crippen LogP contribution in [0.25, 0.3) is 0 Å². The highest BCUT2D eigenvalue weighted by Gasteiger charge is 2.10. The van der Waals surface area contributed by atoms with Crippen molar-refractivity contribution in [1.29, 1.82) is 0 Å². The van der Waals surface area contributed by atoms with Crippen molar-refractivity contribution in [2.45, 2.75) is 6.92 Å². The highest BCUT2D eigenvalue weighted by molar-refractivity contribution is 6.33. The second-order valence-electron chi connectivity index (χ2n) is 3.93. The van der Waals surface area contributed by atoms with Crippen LogP contribution < -0.4 is 5.32 Å². The van der Waals surface area contributed by atoms with E-state index in [0.29, 0.717) is 21.8 Å². The number of halogens is 1. The molecule has 2 aromatic rings. The Bertz CT molecular complexity index is 596. The lowest BCUT2D eigenvalue weighted by molar-refractivity contribution is 0.102. The summed E-state index contributed by atoms with van der Waals surface area (Å²) in [6.45, 7) is 1.77. The van der Waals surface area contributed by atoms with Crippen LogP contribution in [0.4, 0.5) is 5.69 Å². The molecule has 0 aliphatic heterocycles. The van der Waals surface area contributed by atoms with Gasteiger partial charge < -0.3 is 10.4 Å². The number of carbonyl (C=O) groups is 1. The lowest BCUT2D eigenvalue weighted by Gasteiger charge is -2.09. The summed E-state index contributed by atoms with van der Waals surface area (Å²) in [6, 6.07) is 11.6. The summed E-state index contributed by atoms with van der Waals surface area (Å²) < 4.78 is 0. The number of phenols is 1. The fraction of sp³-hybridized carbons (Fsp3) is 0.0714. The Morgan fingerprint density at radius 3 is 2.61 bits per heavy atom. The Morgan fingerprint density at radius 1 is 1.22 bits per heavy atom. The number of anilines is 1. The number of hydrogen-bond acceptors (Lipinski definition) is 2. The molecular weight excluding hydrogens is 250 g/mol. The molecular formula is C14H12ClNO2. The van der Waals surface area contributed by atoms with Crippen LogP contribution in [0.2, 0.25) is 5.02 Å². The smallest absolute Gasteiger partial charge is 0.255 e. The summed E-state index contributed by atoms with van der Waals surface area (Å²) in [5.41, 5.74) is 1.78. The average Bonchev–Trinajstić information content (AvgIpc) is 2.32. The van der Waals surface area contributed by atoms with Crippen molar-refractivity contribution in [3.8, 4) is 5.75 Å². The van der Waals surface area contributed by atoms with Crippen molar-refractivity contribution in [1.82, 2.24) is 0 Å². The number of aromatic hydroxyl groups is 1. The molecule has 2 rings (SSSR count). The number of nitrogens with one attached hydrogen (secondary N) is 1. The van der Waals surface area contributed by atoms with Gasteiger partial charge in [-0.25, -0.2) is 0 Å². The highest BCUT2D eigenvalue weighted by atomic mass is 35.5. The standard InChI is InChI=1S/C14H12ClNO2/c1-9-8-10(17)6-7-11(9)14(18)16-13-5-3-2-4-12(13)15/h2-8,17H,1H3,(H,16,18). The minimum absolute atomic E-state index is 0.141. The zero-order valence-corrected chi connectivity index (χ0v) is 10.5. The third kappa shape index (κ3) is 2.63. The van der Waals surface area contributed by atoms with E-state index in [1.54, 1.807) is 43.3 Å². The summed E-state index contributed by atoms with van der Waals surface area (Å²) in [5, 5.41) is 12.5. The van der Waals surface area contributed by atoms with Crippen molar-refractivity contribution >= 4 is 23.2 Å². The average molecular weight is 262 g/mol. The van der Waals surface area contributed by atoms with Crippen molar-refractivity contribution in [3.05, 3.63) is 58.6 Å². The van der Waals surface area contributed by atoms with E-state index in [2.05, 4.69) is 5.32 Å². The molecule has 1 amide bonds. The summed E-state index contributed by atoms with van der Waals surface area (Å²) in [6.07, 6.45) is 0. The van der Waals surface area contributed by atoms with Crippen LogP contribution in [0.1, 0.15) is 15.9 Å². The minimum Gasteiger partial charge on any atom is -0.508 e. The first-order valence-corrected chi connectivity index (χ1v) is 5.81. The maximum Gasteiger partial charge on any atom is 0.255 e. The van der Waals surface area contributed by atoms with Gasteiger partial charge in [0, 0.05) is 5.56 Å². The van der Waals surface area contributed by atoms with E-state index < -0.39 is 0 Å². The van der Waals surface area contributed by atoms with Gasteiger partial charge >= 0.3 is 0 Å². The van der Waals surface area contributed by atoms with E-state index in [1.807, 2.05) is 0 Å². The topological polar surface area (TPSA) is 49.3 Å². The molecule has 0 spiro atoms. The molecule has 0 saturated heterocycles. The molecule has 4 heteroatoms.